The SMILES string of the molecule is COC(=O)C1(C(=O)OC)CC(C(C#Cc2ccsc2)C(F)(F)F)C(C)(C)C1. The zero-order chi connectivity index (χ0) is 20.5. The lowest BCUT2D eigenvalue weighted by molar-refractivity contribution is -0.181. The van der Waals surface area contributed by atoms with E-state index in [0.29, 0.717) is 5.56 Å². The van der Waals surface area contributed by atoms with Crippen molar-refractivity contribution in [2.24, 2.45) is 22.7 Å². The lowest BCUT2D eigenvalue weighted by Crippen LogP contribution is -2.40. The first-order chi connectivity index (χ1) is 12.5. The first-order valence-electron chi connectivity index (χ1n) is 8.25. The number of ether oxygens (including phenoxy) is 2. The van der Waals surface area contributed by atoms with E-state index in [-0.39, 0.29) is 12.8 Å². The van der Waals surface area contributed by atoms with Crippen molar-refractivity contribution in [1.29, 1.82) is 0 Å². The normalized spacial score (nSPS) is 21.7. The Morgan fingerprint density at radius 3 is 2.30 bits per heavy atom. The molecule has 1 aromatic rings. The molecule has 2 unspecified atom stereocenters. The summed E-state index contributed by atoms with van der Waals surface area (Å²) in [5, 5.41) is 3.39. The number of carbonyl (C=O) groups is 2. The molecule has 1 aliphatic carbocycles. The second kappa shape index (κ2) is 7.55. The van der Waals surface area contributed by atoms with Gasteiger partial charge in [0.05, 0.1) is 14.2 Å². The molecule has 0 N–H and O–H groups in total. The van der Waals surface area contributed by atoms with Gasteiger partial charge < -0.3 is 9.47 Å². The van der Waals surface area contributed by atoms with Crippen LogP contribution in [-0.4, -0.2) is 32.3 Å². The molecule has 0 bridgehead atoms. The van der Waals surface area contributed by atoms with Crippen molar-refractivity contribution in [2.75, 3.05) is 14.2 Å². The molecular weight excluding hydrogens is 381 g/mol. The summed E-state index contributed by atoms with van der Waals surface area (Å²) in [6.45, 7) is 3.21. The van der Waals surface area contributed by atoms with Gasteiger partial charge in [0.1, 0.15) is 5.92 Å². The number of hydrogen-bond acceptors (Lipinski definition) is 5. The van der Waals surface area contributed by atoms with Crippen LogP contribution in [0.4, 0.5) is 13.2 Å². The van der Waals surface area contributed by atoms with Gasteiger partial charge in [-0.2, -0.15) is 24.5 Å². The molecule has 2 rings (SSSR count). The Kier molecular flexibility index (Phi) is 5.95. The second-order valence-electron chi connectivity index (χ2n) is 7.34. The number of thiophene rings is 1. The van der Waals surface area contributed by atoms with Crippen LogP contribution in [-0.2, 0) is 19.1 Å². The number of esters is 2. The predicted molar refractivity (Wildman–Crippen MR) is 93.7 cm³/mol. The zero-order valence-electron chi connectivity index (χ0n) is 15.5. The summed E-state index contributed by atoms with van der Waals surface area (Å²) in [6.07, 6.45) is -5.04. The molecule has 0 radical (unpaired) electrons. The minimum atomic E-state index is -4.60. The van der Waals surface area contributed by atoms with Gasteiger partial charge in [0.2, 0.25) is 0 Å². The monoisotopic (exact) mass is 402 g/mol. The minimum absolute atomic E-state index is 0.100. The highest BCUT2D eigenvalue weighted by molar-refractivity contribution is 7.08. The number of alkyl halides is 3. The first kappa shape index (κ1) is 21.3. The molecular formula is C19H21F3O4S. The van der Waals surface area contributed by atoms with Crippen LogP contribution in [0.3, 0.4) is 0 Å². The van der Waals surface area contributed by atoms with Gasteiger partial charge in [-0.05, 0) is 35.6 Å². The van der Waals surface area contributed by atoms with Crippen molar-refractivity contribution in [3.8, 4) is 11.8 Å². The molecule has 27 heavy (non-hydrogen) atoms. The molecule has 1 aromatic heterocycles. The maximum atomic E-state index is 13.8. The van der Waals surface area contributed by atoms with Crippen LogP contribution in [0.15, 0.2) is 16.8 Å². The average Bonchev–Trinajstić information content (AvgIpc) is 3.19. The van der Waals surface area contributed by atoms with E-state index in [4.69, 9.17) is 9.47 Å². The molecule has 1 saturated carbocycles. The Hall–Kier alpha value is -2.01. The molecule has 0 aromatic carbocycles. The number of halogens is 3. The third-order valence-corrected chi connectivity index (χ3v) is 5.81. The van der Waals surface area contributed by atoms with E-state index in [9.17, 15) is 22.8 Å². The first-order valence-corrected chi connectivity index (χ1v) is 9.19. The summed E-state index contributed by atoms with van der Waals surface area (Å²) >= 11 is 1.34. The molecule has 0 aliphatic heterocycles. The lowest BCUT2D eigenvalue weighted by Gasteiger charge is -2.32. The van der Waals surface area contributed by atoms with E-state index in [1.165, 1.54) is 11.3 Å². The van der Waals surface area contributed by atoms with Gasteiger partial charge in [0, 0.05) is 10.9 Å². The molecule has 4 nitrogen and oxygen atoms in total. The molecule has 1 fully saturated rings. The molecule has 1 heterocycles. The van der Waals surface area contributed by atoms with Gasteiger partial charge >= 0.3 is 18.1 Å². The van der Waals surface area contributed by atoms with Crippen LogP contribution >= 0.6 is 11.3 Å². The van der Waals surface area contributed by atoms with Crippen LogP contribution in [0.5, 0.6) is 0 Å². The molecule has 8 heteroatoms. The molecule has 2 atom stereocenters. The summed E-state index contributed by atoms with van der Waals surface area (Å²) in [6, 6.07) is 1.64. The lowest BCUT2D eigenvalue weighted by atomic mass is 9.74. The van der Waals surface area contributed by atoms with E-state index in [1.807, 2.05) is 0 Å². The molecule has 1 aliphatic rings. The van der Waals surface area contributed by atoms with Crippen molar-refractivity contribution in [3.63, 3.8) is 0 Å². The third kappa shape index (κ3) is 4.13. The summed E-state index contributed by atoms with van der Waals surface area (Å²) in [4.78, 5) is 24.7. The van der Waals surface area contributed by atoms with Crippen LogP contribution in [0.1, 0.15) is 32.3 Å². The van der Waals surface area contributed by atoms with Gasteiger partial charge in [-0.25, -0.2) is 0 Å². The van der Waals surface area contributed by atoms with Crippen LogP contribution in [0.2, 0.25) is 0 Å². The predicted octanol–water partition coefficient (Wildman–Crippen LogP) is 4.05. The van der Waals surface area contributed by atoms with E-state index >= 15 is 0 Å². The number of methoxy groups -OCH3 is 2. The second-order valence-corrected chi connectivity index (χ2v) is 8.12. The number of carbonyl (C=O) groups excluding carboxylic acids is 2. The fourth-order valence-electron chi connectivity index (χ4n) is 3.89. The van der Waals surface area contributed by atoms with E-state index in [2.05, 4.69) is 11.8 Å². The standard InChI is InChI=1S/C19H21F3O4S/c1-17(2)11-18(15(23)25-3,16(24)26-4)9-14(17)13(19(20,21)22)6-5-12-7-8-27-10-12/h7-8,10,13-14H,9,11H2,1-4H3. The van der Waals surface area contributed by atoms with Crippen molar-refractivity contribution in [3.05, 3.63) is 22.4 Å². The Balaban J connectivity index is 2.49. The van der Waals surface area contributed by atoms with Gasteiger partial charge in [0.15, 0.2) is 5.41 Å². The Morgan fingerprint density at radius 1 is 1.26 bits per heavy atom. The Morgan fingerprint density at radius 2 is 1.85 bits per heavy atom. The maximum Gasteiger partial charge on any atom is 0.402 e. The third-order valence-electron chi connectivity index (χ3n) is 5.13. The largest absolute Gasteiger partial charge is 0.468 e. The minimum Gasteiger partial charge on any atom is -0.468 e. The highest BCUT2D eigenvalue weighted by Crippen LogP contribution is 2.58. The molecule has 0 amide bonds. The summed E-state index contributed by atoms with van der Waals surface area (Å²) in [5.41, 5.74) is -2.24. The number of hydrogen-bond donors (Lipinski definition) is 0. The van der Waals surface area contributed by atoms with Gasteiger partial charge in [-0.1, -0.05) is 25.7 Å². The summed E-state index contributed by atoms with van der Waals surface area (Å²) in [5.74, 6) is 0.0998. The van der Waals surface area contributed by atoms with Gasteiger partial charge in [-0.3, -0.25) is 9.59 Å². The quantitative estimate of drug-likeness (QED) is 0.435. The average molecular weight is 402 g/mol. The van der Waals surface area contributed by atoms with E-state index in [1.54, 1.807) is 30.7 Å². The fourth-order valence-corrected chi connectivity index (χ4v) is 4.48. The van der Waals surface area contributed by atoms with Gasteiger partial charge in [-0.15, -0.1) is 0 Å². The fraction of sp³-hybridized carbons (Fsp3) is 0.579. The van der Waals surface area contributed by atoms with Crippen LogP contribution < -0.4 is 0 Å². The highest BCUT2D eigenvalue weighted by atomic mass is 32.1. The van der Waals surface area contributed by atoms with E-state index < -0.39 is 40.8 Å². The van der Waals surface area contributed by atoms with Crippen molar-refractivity contribution in [2.45, 2.75) is 32.9 Å². The summed E-state index contributed by atoms with van der Waals surface area (Å²) in [7, 11) is 2.20. The molecule has 0 spiro atoms. The van der Waals surface area contributed by atoms with E-state index in [0.717, 1.165) is 14.2 Å². The van der Waals surface area contributed by atoms with Crippen LogP contribution in [0.25, 0.3) is 0 Å². The summed E-state index contributed by atoms with van der Waals surface area (Å²) < 4.78 is 50.9. The Labute approximate surface area is 160 Å². The Bertz CT molecular complexity index is 740. The highest BCUT2D eigenvalue weighted by Gasteiger charge is 2.64. The van der Waals surface area contributed by atoms with Crippen molar-refractivity contribution >= 4 is 23.3 Å². The smallest absolute Gasteiger partial charge is 0.402 e. The van der Waals surface area contributed by atoms with Crippen molar-refractivity contribution in [1.82, 2.24) is 0 Å². The topological polar surface area (TPSA) is 52.6 Å². The van der Waals surface area contributed by atoms with Crippen LogP contribution in [0, 0.1) is 34.5 Å². The maximum absolute atomic E-state index is 13.8. The zero-order valence-corrected chi connectivity index (χ0v) is 16.3. The van der Waals surface area contributed by atoms with Crippen molar-refractivity contribution < 1.29 is 32.2 Å². The van der Waals surface area contributed by atoms with Gasteiger partial charge in [0.25, 0.3) is 0 Å². The molecule has 0 saturated heterocycles. The molecule has 148 valence electrons. The number of rotatable bonds is 3.